The van der Waals surface area contributed by atoms with E-state index in [9.17, 15) is 9.90 Å². The molecule has 5 nitrogen and oxygen atoms in total. The summed E-state index contributed by atoms with van der Waals surface area (Å²) in [7, 11) is 1.53. The lowest BCUT2D eigenvalue weighted by atomic mass is 10.2. The van der Waals surface area contributed by atoms with Gasteiger partial charge in [0.05, 0.1) is 12.7 Å². The smallest absolute Gasteiger partial charge is 0.239 e. The molecule has 94 valence electrons. The normalized spacial score (nSPS) is 14.1. The summed E-state index contributed by atoms with van der Waals surface area (Å²) < 4.78 is 5.47. The third-order valence-electron chi connectivity index (χ3n) is 2.48. The van der Waals surface area contributed by atoms with Crippen LogP contribution >= 0.6 is 0 Å². The van der Waals surface area contributed by atoms with Crippen LogP contribution in [0, 0.1) is 0 Å². The van der Waals surface area contributed by atoms with E-state index in [0.717, 1.165) is 5.56 Å². The van der Waals surface area contributed by atoms with Gasteiger partial charge in [0.1, 0.15) is 11.8 Å². The van der Waals surface area contributed by atoms with E-state index >= 15 is 0 Å². The molecule has 1 aromatic carbocycles. The Bertz CT molecular complexity index is 382. The van der Waals surface area contributed by atoms with E-state index in [1.165, 1.54) is 7.05 Å². The summed E-state index contributed by atoms with van der Waals surface area (Å²) in [5, 5.41) is 11.7. The average molecular weight is 238 g/mol. The summed E-state index contributed by atoms with van der Waals surface area (Å²) in [6.07, 6.45) is -0.391. The van der Waals surface area contributed by atoms with Crippen LogP contribution in [0.15, 0.2) is 24.3 Å². The first-order valence-corrected chi connectivity index (χ1v) is 5.41. The highest BCUT2D eigenvalue weighted by atomic mass is 16.5. The number of ether oxygens (including phenoxy) is 1. The van der Waals surface area contributed by atoms with Crippen molar-refractivity contribution in [3.05, 3.63) is 29.8 Å². The molecule has 0 aliphatic heterocycles. The number of nitrogens with one attached hydrogen (secondary N) is 1. The highest BCUT2D eigenvalue weighted by Gasteiger charge is 2.20. The van der Waals surface area contributed by atoms with Gasteiger partial charge in [-0.3, -0.25) is 4.79 Å². The molecule has 0 aromatic heterocycles. The fraction of sp³-hybridized carbons (Fsp3) is 0.417. The summed E-state index contributed by atoms with van der Waals surface area (Å²) in [4.78, 5) is 11.3. The molecule has 0 aliphatic rings. The van der Waals surface area contributed by atoms with E-state index in [0.29, 0.717) is 6.61 Å². The number of aromatic hydroxyl groups is 1. The summed E-state index contributed by atoms with van der Waals surface area (Å²) in [5.74, 6) is -0.0669. The van der Waals surface area contributed by atoms with Crippen molar-refractivity contribution in [1.82, 2.24) is 5.32 Å². The molecule has 2 atom stereocenters. The summed E-state index contributed by atoms with van der Waals surface area (Å²) in [6, 6.07) is 6.06. The molecule has 1 amide bonds. The standard InChI is InChI=1S/C12H18N2O3/c1-8(11(13)12(16)14-2)17-7-9-4-3-5-10(15)6-9/h3-6,8,11,15H,7,13H2,1-2H3,(H,14,16)/t8-,11+/m1/s1. The number of likely N-dealkylation sites (N-methyl/N-ethyl adjacent to an activating group) is 1. The zero-order chi connectivity index (χ0) is 12.8. The fourth-order valence-electron chi connectivity index (χ4n) is 1.36. The number of hydrogen-bond donors (Lipinski definition) is 3. The Kier molecular flexibility index (Phi) is 4.93. The molecule has 0 fully saturated rings. The van der Waals surface area contributed by atoms with Crippen molar-refractivity contribution in [3.8, 4) is 5.75 Å². The van der Waals surface area contributed by atoms with Crippen molar-refractivity contribution in [3.63, 3.8) is 0 Å². The summed E-state index contributed by atoms with van der Waals surface area (Å²) in [6.45, 7) is 2.04. The van der Waals surface area contributed by atoms with Gasteiger partial charge < -0.3 is 20.9 Å². The van der Waals surface area contributed by atoms with Crippen LogP contribution in [0.1, 0.15) is 12.5 Å². The van der Waals surface area contributed by atoms with E-state index < -0.39 is 12.1 Å². The van der Waals surface area contributed by atoms with Gasteiger partial charge in [-0.2, -0.15) is 0 Å². The Morgan fingerprint density at radius 3 is 2.88 bits per heavy atom. The molecular formula is C12H18N2O3. The Balaban J connectivity index is 2.48. The quantitative estimate of drug-likeness (QED) is 0.692. The van der Waals surface area contributed by atoms with Crippen LogP contribution in [0.25, 0.3) is 0 Å². The minimum absolute atomic E-state index is 0.189. The lowest BCUT2D eigenvalue weighted by Gasteiger charge is -2.19. The van der Waals surface area contributed by atoms with Crippen LogP contribution in [0.2, 0.25) is 0 Å². The molecule has 0 aliphatic carbocycles. The van der Waals surface area contributed by atoms with Gasteiger partial charge in [-0.15, -0.1) is 0 Å². The highest BCUT2D eigenvalue weighted by molar-refractivity contribution is 5.81. The van der Waals surface area contributed by atoms with Gasteiger partial charge in [-0.1, -0.05) is 12.1 Å². The van der Waals surface area contributed by atoms with Crippen molar-refractivity contribution in [2.45, 2.75) is 25.7 Å². The fourth-order valence-corrected chi connectivity index (χ4v) is 1.36. The SMILES string of the molecule is CNC(=O)[C@@H](N)[C@@H](C)OCc1cccc(O)c1. The van der Waals surface area contributed by atoms with Crippen LogP contribution in [0.5, 0.6) is 5.75 Å². The second-order valence-corrected chi connectivity index (χ2v) is 3.83. The number of carbonyl (C=O) groups is 1. The van der Waals surface area contributed by atoms with Crippen molar-refractivity contribution >= 4 is 5.91 Å². The molecule has 17 heavy (non-hydrogen) atoms. The molecular weight excluding hydrogens is 220 g/mol. The monoisotopic (exact) mass is 238 g/mol. The Labute approximate surface area is 101 Å². The number of phenols is 1. The maximum absolute atomic E-state index is 11.3. The number of nitrogens with two attached hydrogens (primary N) is 1. The van der Waals surface area contributed by atoms with Gasteiger partial charge in [0.25, 0.3) is 0 Å². The van der Waals surface area contributed by atoms with E-state index in [-0.39, 0.29) is 11.7 Å². The molecule has 0 radical (unpaired) electrons. The molecule has 0 saturated carbocycles. The Morgan fingerprint density at radius 2 is 2.29 bits per heavy atom. The van der Waals surface area contributed by atoms with Crippen molar-refractivity contribution in [1.29, 1.82) is 0 Å². The van der Waals surface area contributed by atoms with E-state index in [1.807, 2.05) is 6.07 Å². The van der Waals surface area contributed by atoms with Gasteiger partial charge in [0.15, 0.2) is 0 Å². The summed E-state index contributed by atoms with van der Waals surface area (Å²) >= 11 is 0. The second-order valence-electron chi connectivity index (χ2n) is 3.83. The third-order valence-corrected chi connectivity index (χ3v) is 2.48. The lowest BCUT2D eigenvalue weighted by molar-refractivity contribution is -0.125. The highest BCUT2D eigenvalue weighted by Crippen LogP contribution is 2.12. The minimum atomic E-state index is -0.697. The molecule has 1 aromatic rings. The molecule has 0 bridgehead atoms. The first kappa shape index (κ1) is 13.5. The Morgan fingerprint density at radius 1 is 1.59 bits per heavy atom. The minimum Gasteiger partial charge on any atom is -0.508 e. The maximum atomic E-state index is 11.3. The number of rotatable bonds is 5. The van der Waals surface area contributed by atoms with Crippen LogP contribution in [0.4, 0.5) is 0 Å². The van der Waals surface area contributed by atoms with Crippen molar-refractivity contribution in [2.75, 3.05) is 7.05 Å². The van der Waals surface area contributed by atoms with E-state index in [1.54, 1.807) is 25.1 Å². The Hall–Kier alpha value is -1.59. The molecule has 0 heterocycles. The number of benzene rings is 1. The second kappa shape index (κ2) is 6.22. The van der Waals surface area contributed by atoms with Gasteiger partial charge in [0, 0.05) is 7.05 Å². The van der Waals surface area contributed by atoms with Crippen molar-refractivity contribution in [2.24, 2.45) is 5.73 Å². The van der Waals surface area contributed by atoms with Crippen LogP contribution < -0.4 is 11.1 Å². The molecule has 1 rings (SSSR count). The molecule has 5 heteroatoms. The molecule has 0 unspecified atom stereocenters. The van der Waals surface area contributed by atoms with Gasteiger partial charge in [-0.25, -0.2) is 0 Å². The van der Waals surface area contributed by atoms with Gasteiger partial charge in [0.2, 0.25) is 5.91 Å². The predicted molar refractivity (Wildman–Crippen MR) is 64.4 cm³/mol. The molecule has 0 spiro atoms. The van der Waals surface area contributed by atoms with Crippen LogP contribution in [0.3, 0.4) is 0 Å². The average Bonchev–Trinajstić information content (AvgIpc) is 2.34. The number of phenolic OH excluding ortho intramolecular Hbond substituents is 1. The number of hydrogen-bond acceptors (Lipinski definition) is 4. The van der Waals surface area contributed by atoms with Gasteiger partial charge in [-0.05, 0) is 24.6 Å². The first-order chi connectivity index (χ1) is 8.04. The first-order valence-electron chi connectivity index (χ1n) is 5.41. The van der Waals surface area contributed by atoms with Gasteiger partial charge >= 0.3 is 0 Å². The largest absolute Gasteiger partial charge is 0.508 e. The number of amides is 1. The molecule has 0 saturated heterocycles. The van der Waals surface area contributed by atoms with Crippen LogP contribution in [-0.4, -0.2) is 30.2 Å². The number of carbonyl (C=O) groups excluding carboxylic acids is 1. The lowest BCUT2D eigenvalue weighted by Crippen LogP contribution is -2.46. The predicted octanol–water partition coefficient (Wildman–Crippen LogP) is 0.371. The van der Waals surface area contributed by atoms with E-state index in [4.69, 9.17) is 10.5 Å². The maximum Gasteiger partial charge on any atom is 0.239 e. The van der Waals surface area contributed by atoms with Crippen LogP contribution in [-0.2, 0) is 16.1 Å². The van der Waals surface area contributed by atoms with Crippen molar-refractivity contribution < 1.29 is 14.6 Å². The van der Waals surface area contributed by atoms with E-state index in [2.05, 4.69) is 5.32 Å². The summed E-state index contributed by atoms with van der Waals surface area (Å²) in [5.41, 5.74) is 6.51. The zero-order valence-corrected chi connectivity index (χ0v) is 10.0. The third kappa shape index (κ3) is 4.05. The molecule has 4 N–H and O–H groups in total. The zero-order valence-electron chi connectivity index (χ0n) is 10.0. The topological polar surface area (TPSA) is 84.6 Å².